The zero-order valence-electron chi connectivity index (χ0n) is 8.39. The highest BCUT2D eigenvalue weighted by atomic mass is 35.5. The van der Waals surface area contributed by atoms with Crippen molar-refractivity contribution in [2.75, 3.05) is 13.7 Å². The standard InChI is InChI=1S/C9H14ClF3O2/c1-14-8-6(10)5-7(8)15-4-2-3-9(11,12)13/h6-8H,2-5H2,1H3. The molecule has 0 bridgehead atoms. The fraction of sp³-hybridized carbons (Fsp3) is 1.00. The molecule has 0 aromatic heterocycles. The van der Waals surface area contributed by atoms with E-state index in [1.807, 2.05) is 0 Å². The number of methoxy groups -OCH3 is 1. The van der Waals surface area contributed by atoms with Gasteiger partial charge in [-0.3, -0.25) is 0 Å². The van der Waals surface area contributed by atoms with Crippen LogP contribution in [0.1, 0.15) is 19.3 Å². The third kappa shape index (κ3) is 4.17. The van der Waals surface area contributed by atoms with Crippen molar-refractivity contribution in [1.29, 1.82) is 0 Å². The Hall–Kier alpha value is -0.0000000000000000555. The number of rotatable bonds is 5. The molecule has 1 aliphatic carbocycles. The average Bonchev–Trinajstić information content (AvgIpc) is 2.09. The Kier molecular flexibility index (Phi) is 4.67. The van der Waals surface area contributed by atoms with Crippen LogP contribution in [0.4, 0.5) is 13.2 Å². The second-order valence-corrected chi connectivity index (χ2v) is 4.14. The van der Waals surface area contributed by atoms with Gasteiger partial charge in [-0.05, 0) is 12.8 Å². The molecule has 0 amide bonds. The van der Waals surface area contributed by atoms with Crippen molar-refractivity contribution in [2.24, 2.45) is 0 Å². The van der Waals surface area contributed by atoms with Gasteiger partial charge in [0.25, 0.3) is 0 Å². The molecule has 3 unspecified atom stereocenters. The second kappa shape index (κ2) is 5.37. The van der Waals surface area contributed by atoms with Crippen LogP contribution in [0.15, 0.2) is 0 Å². The molecule has 1 rings (SSSR count). The Balaban J connectivity index is 2.06. The van der Waals surface area contributed by atoms with Crippen molar-refractivity contribution >= 4 is 11.6 Å². The molecule has 3 atom stereocenters. The highest BCUT2D eigenvalue weighted by Gasteiger charge is 2.41. The molecule has 90 valence electrons. The summed E-state index contributed by atoms with van der Waals surface area (Å²) in [5.41, 5.74) is 0. The molecule has 0 spiro atoms. The molecule has 0 heterocycles. The first kappa shape index (κ1) is 13.1. The molecule has 2 nitrogen and oxygen atoms in total. The van der Waals surface area contributed by atoms with Gasteiger partial charge >= 0.3 is 6.18 Å². The molecule has 6 heteroatoms. The number of alkyl halides is 4. The lowest BCUT2D eigenvalue weighted by Gasteiger charge is -2.39. The van der Waals surface area contributed by atoms with E-state index < -0.39 is 12.6 Å². The van der Waals surface area contributed by atoms with Crippen molar-refractivity contribution in [3.8, 4) is 0 Å². The second-order valence-electron chi connectivity index (χ2n) is 3.58. The van der Waals surface area contributed by atoms with Crippen LogP contribution in [0.25, 0.3) is 0 Å². The predicted molar refractivity (Wildman–Crippen MR) is 50.1 cm³/mol. The molecule has 0 aromatic carbocycles. The molecule has 1 fully saturated rings. The van der Waals surface area contributed by atoms with Crippen molar-refractivity contribution < 1.29 is 22.6 Å². The van der Waals surface area contributed by atoms with Crippen LogP contribution in [-0.4, -0.2) is 37.5 Å². The van der Waals surface area contributed by atoms with Crippen molar-refractivity contribution in [3.63, 3.8) is 0 Å². The van der Waals surface area contributed by atoms with Crippen LogP contribution in [0, 0.1) is 0 Å². The Morgan fingerprint density at radius 2 is 2.07 bits per heavy atom. The monoisotopic (exact) mass is 246 g/mol. The lowest BCUT2D eigenvalue weighted by atomic mass is 9.91. The fourth-order valence-corrected chi connectivity index (χ4v) is 1.94. The van der Waals surface area contributed by atoms with Gasteiger partial charge in [-0.1, -0.05) is 0 Å². The van der Waals surface area contributed by atoms with Gasteiger partial charge in [0.05, 0.1) is 17.6 Å². The van der Waals surface area contributed by atoms with Gasteiger partial charge in [-0.2, -0.15) is 13.2 Å². The van der Waals surface area contributed by atoms with E-state index in [1.165, 1.54) is 7.11 Å². The molecule has 15 heavy (non-hydrogen) atoms. The van der Waals surface area contributed by atoms with Crippen LogP contribution in [0.3, 0.4) is 0 Å². The maximum Gasteiger partial charge on any atom is 0.389 e. The van der Waals surface area contributed by atoms with Crippen molar-refractivity contribution in [3.05, 3.63) is 0 Å². The molecule has 1 saturated carbocycles. The quantitative estimate of drug-likeness (QED) is 0.549. The van der Waals surface area contributed by atoms with Gasteiger partial charge in [0.2, 0.25) is 0 Å². The molecule has 0 aliphatic heterocycles. The van der Waals surface area contributed by atoms with Crippen molar-refractivity contribution in [1.82, 2.24) is 0 Å². The summed E-state index contributed by atoms with van der Waals surface area (Å²) in [5, 5.41) is -0.0809. The van der Waals surface area contributed by atoms with E-state index in [0.717, 1.165) is 0 Å². The summed E-state index contributed by atoms with van der Waals surface area (Å²) in [6.07, 6.45) is -4.60. The van der Waals surface area contributed by atoms with Crippen LogP contribution in [-0.2, 0) is 9.47 Å². The zero-order valence-corrected chi connectivity index (χ0v) is 9.14. The summed E-state index contributed by atoms with van der Waals surface area (Å²) in [5.74, 6) is 0. The van der Waals surface area contributed by atoms with Gasteiger partial charge in [0, 0.05) is 20.1 Å². The van der Waals surface area contributed by atoms with Crippen LogP contribution < -0.4 is 0 Å². The molecule has 0 radical (unpaired) electrons. The minimum absolute atomic E-state index is 0.0105. The third-order valence-corrected chi connectivity index (χ3v) is 2.82. The molecular formula is C9H14ClF3O2. The fourth-order valence-electron chi connectivity index (χ4n) is 1.50. The topological polar surface area (TPSA) is 18.5 Å². The zero-order chi connectivity index (χ0) is 11.5. The van der Waals surface area contributed by atoms with E-state index in [2.05, 4.69) is 0 Å². The molecule has 1 aliphatic rings. The first-order valence-corrected chi connectivity index (χ1v) is 5.23. The van der Waals surface area contributed by atoms with Gasteiger partial charge in [0.1, 0.15) is 0 Å². The first-order valence-electron chi connectivity index (χ1n) is 4.79. The van der Waals surface area contributed by atoms with E-state index >= 15 is 0 Å². The normalized spacial score (nSPS) is 31.4. The van der Waals surface area contributed by atoms with Crippen LogP contribution in [0.2, 0.25) is 0 Å². The van der Waals surface area contributed by atoms with E-state index in [9.17, 15) is 13.2 Å². The SMILES string of the molecule is COC1C(Cl)CC1OCCCC(F)(F)F. The first-order chi connectivity index (χ1) is 6.94. The lowest BCUT2D eigenvalue weighted by molar-refractivity contribution is -0.146. The summed E-state index contributed by atoms with van der Waals surface area (Å²) >= 11 is 5.81. The van der Waals surface area contributed by atoms with E-state index in [4.69, 9.17) is 21.1 Å². The highest BCUT2D eigenvalue weighted by Crippen LogP contribution is 2.31. The van der Waals surface area contributed by atoms with Crippen LogP contribution in [0.5, 0.6) is 0 Å². The van der Waals surface area contributed by atoms with Gasteiger partial charge in [-0.25, -0.2) is 0 Å². The van der Waals surface area contributed by atoms with Crippen molar-refractivity contribution in [2.45, 2.75) is 43.0 Å². The molecular weight excluding hydrogens is 233 g/mol. The summed E-state index contributed by atoms with van der Waals surface area (Å²) in [6, 6.07) is 0. The Labute approximate surface area is 91.7 Å². The average molecular weight is 247 g/mol. The van der Waals surface area contributed by atoms with E-state index in [0.29, 0.717) is 6.42 Å². The summed E-state index contributed by atoms with van der Waals surface area (Å²) in [6.45, 7) is 0.105. The van der Waals surface area contributed by atoms with E-state index in [-0.39, 0.29) is 30.6 Å². The maximum absolute atomic E-state index is 11.8. The molecule has 0 aromatic rings. The number of hydrogen-bond acceptors (Lipinski definition) is 2. The Morgan fingerprint density at radius 3 is 2.53 bits per heavy atom. The Morgan fingerprint density at radius 1 is 1.40 bits per heavy atom. The maximum atomic E-state index is 11.8. The van der Waals surface area contributed by atoms with Crippen LogP contribution >= 0.6 is 11.6 Å². The highest BCUT2D eigenvalue weighted by molar-refractivity contribution is 6.21. The van der Waals surface area contributed by atoms with Gasteiger partial charge < -0.3 is 9.47 Å². The summed E-state index contributed by atoms with van der Waals surface area (Å²) in [7, 11) is 1.52. The largest absolute Gasteiger partial charge is 0.389 e. The van der Waals surface area contributed by atoms with Gasteiger partial charge in [-0.15, -0.1) is 11.6 Å². The predicted octanol–water partition coefficient (Wildman–Crippen LogP) is 2.74. The van der Waals surface area contributed by atoms with E-state index in [1.54, 1.807) is 0 Å². The third-order valence-electron chi connectivity index (χ3n) is 2.39. The number of hydrogen-bond donors (Lipinski definition) is 0. The lowest BCUT2D eigenvalue weighted by Crippen LogP contribution is -2.50. The number of halogens is 4. The number of ether oxygens (including phenoxy) is 2. The minimum Gasteiger partial charge on any atom is -0.377 e. The Bertz CT molecular complexity index is 198. The molecule has 0 saturated heterocycles. The minimum atomic E-state index is -4.10. The molecule has 0 N–H and O–H groups in total. The smallest absolute Gasteiger partial charge is 0.377 e. The summed E-state index contributed by atoms with van der Waals surface area (Å²) in [4.78, 5) is 0. The van der Waals surface area contributed by atoms with Gasteiger partial charge in [0.15, 0.2) is 0 Å². The summed E-state index contributed by atoms with van der Waals surface area (Å²) < 4.78 is 45.6.